The van der Waals surface area contributed by atoms with E-state index in [1.807, 2.05) is 0 Å². The van der Waals surface area contributed by atoms with E-state index in [1.54, 1.807) is 0 Å². The van der Waals surface area contributed by atoms with Gasteiger partial charge in [-0.25, -0.2) is 0 Å². The Morgan fingerprint density at radius 3 is 2.56 bits per heavy atom. The molecule has 0 saturated heterocycles. The lowest BCUT2D eigenvalue weighted by Crippen LogP contribution is -2.21. The lowest BCUT2D eigenvalue weighted by atomic mass is 10.1. The molecule has 0 aliphatic heterocycles. The highest BCUT2D eigenvalue weighted by Gasteiger charge is 2.04. The van der Waals surface area contributed by atoms with Gasteiger partial charge in [0.15, 0.2) is 0 Å². The molecular formula is C14H24N2. The molecule has 1 aromatic rings. The Hall–Kier alpha value is -1.02. The van der Waals surface area contributed by atoms with Crippen molar-refractivity contribution in [2.45, 2.75) is 33.2 Å². The van der Waals surface area contributed by atoms with Gasteiger partial charge in [-0.3, -0.25) is 0 Å². The van der Waals surface area contributed by atoms with Crippen LogP contribution in [-0.2, 0) is 6.54 Å². The first kappa shape index (κ1) is 13.0. The first-order valence-corrected chi connectivity index (χ1v) is 6.29. The molecule has 0 fully saturated rings. The van der Waals surface area contributed by atoms with Gasteiger partial charge in [0.1, 0.15) is 0 Å². The second kappa shape index (κ2) is 7.29. The summed E-state index contributed by atoms with van der Waals surface area (Å²) < 4.78 is 0. The Kier molecular flexibility index (Phi) is 5.94. The number of benzene rings is 1. The van der Waals surface area contributed by atoms with Gasteiger partial charge in [0, 0.05) is 25.8 Å². The lowest BCUT2D eigenvalue weighted by molar-refractivity contribution is 0.673. The Bertz CT molecular complexity index is 297. The number of para-hydroxylation sites is 1. The number of rotatable bonds is 7. The summed E-state index contributed by atoms with van der Waals surface area (Å²) in [7, 11) is 2.17. The SMILES string of the molecule is CCCNCc1ccccc1N(C)CCC. The molecule has 0 aromatic heterocycles. The van der Waals surface area contributed by atoms with Gasteiger partial charge in [0.05, 0.1) is 0 Å². The normalized spacial score (nSPS) is 10.4. The first-order valence-electron chi connectivity index (χ1n) is 6.29. The third-order valence-corrected chi connectivity index (χ3v) is 2.70. The summed E-state index contributed by atoms with van der Waals surface area (Å²) in [5.41, 5.74) is 2.75. The van der Waals surface area contributed by atoms with E-state index in [0.717, 1.165) is 19.6 Å². The highest BCUT2D eigenvalue weighted by Crippen LogP contribution is 2.19. The van der Waals surface area contributed by atoms with Gasteiger partial charge in [0.2, 0.25) is 0 Å². The van der Waals surface area contributed by atoms with Gasteiger partial charge >= 0.3 is 0 Å². The molecule has 0 bridgehead atoms. The second-order valence-corrected chi connectivity index (χ2v) is 4.23. The molecule has 90 valence electrons. The summed E-state index contributed by atoms with van der Waals surface area (Å²) in [5.74, 6) is 0. The van der Waals surface area contributed by atoms with Crippen molar-refractivity contribution in [1.29, 1.82) is 0 Å². The van der Waals surface area contributed by atoms with Gasteiger partial charge in [-0.05, 0) is 31.0 Å². The van der Waals surface area contributed by atoms with Gasteiger partial charge in [-0.1, -0.05) is 32.0 Å². The molecule has 1 aromatic carbocycles. The average Bonchev–Trinajstić information content (AvgIpc) is 2.30. The topological polar surface area (TPSA) is 15.3 Å². The van der Waals surface area contributed by atoms with Crippen LogP contribution in [0.25, 0.3) is 0 Å². The Morgan fingerprint density at radius 2 is 1.88 bits per heavy atom. The monoisotopic (exact) mass is 220 g/mol. The van der Waals surface area contributed by atoms with E-state index in [0.29, 0.717) is 0 Å². The molecule has 2 nitrogen and oxygen atoms in total. The highest BCUT2D eigenvalue weighted by molar-refractivity contribution is 5.52. The van der Waals surface area contributed by atoms with E-state index < -0.39 is 0 Å². The summed E-state index contributed by atoms with van der Waals surface area (Å²) in [6, 6.07) is 8.65. The van der Waals surface area contributed by atoms with E-state index in [4.69, 9.17) is 0 Å². The average molecular weight is 220 g/mol. The minimum atomic E-state index is 0.970. The molecule has 0 amide bonds. The van der Waals surface area contributed by atoms with Crippen LogP contribution < -0.4 is 10.2 Å². The van der Waals surface area contributed by atoms with Gasteiger partial charge < -0.3 is 10.2 Å². The van der Waals surface area contributed by atoms with Crippen LogP contribution in [0.2, 0.25) is 0 Å². The van der Waals surface area contributed by atoms with Crippen LogP contribution in [0.4, 0.5) is 5.69 Å². The molecule has 1 rings (SSSR count). The Labute approximate surface area is 99.7 Å². The van der Waals surface area contributed by atoms with Crippen molar-refractivity contribution < 1.29 is 0 Å². The maximum Gasteiger partial charge on any atom is 0.0409 e. The number of nitrogens with one attached hydrogen (secondary N) is 1. The zero-order chi connectivity index (χ0) is 11.8. The van der Waals surface area contributed by atoms with Crippen LogP contribution in [0, 0.1) is 0 Å². The first-order chi connectivity index (χ1) is 7.79. The zero-order valence-corrected chi connectivity index (χ0v) is 10.8. The van der Waals surface area contributed by atoms with E-state index in [2.05, 4.69) is 55.4 Å². The largest absolute Gasteiger partial charge is 0.374 e. The smallest absolute Gasteiger partial charge is 0.0409 e. The quantitative estimate of drug-likeness (QED) is 0.711. The van der Waals surface area contributed by atoms with Crippen molar-refractivity contribution in [1.82, 2.24) is 5.32 Å². The fourth-order valence-electron chi connectivity index (χ4n) is 1.89. The van der Waals surface area contributed by atoms with Crippen LogP contribution in [-0.4, -0.2) is 20.1 Å². The molecule has 1 N–H and O–H groups in total. The van der Waals surface area contributed by atoms with E-state index >= 15 is 0 Å². The summed E-state index contributed by atoms with van der Waals surface area (Å²) in [6.45, 7) is 7.59. The summed E-state index contributed by atoms with van der Waals surface area (Å²) >= 11 is 0. The van der Waals surface area contributed by atoms with Gasteiger partial charge in [0.25, 0.3) is 0 Å². The minimum Gasteiger partial charge on any atom is -0.374 e. The fourth-order valence-corrected chi connectivity index (χ4v) is 1.89. The van der Waals surface area contributed by atoms with Crippen LogP contribution in [0.5, 0.6) is 0 Å². The van der Waals surface area contributed by atoms with Crippen LogP contribution in [0.3, 0.4) is 0 Å². The van der Waals surface area contributed by atoms with Crippen LogP contribution in [0.15, 0.2) is 24.3 Å². The van der Waals surface area contributed by atoms with E-state index in [1.165, 1.54) is 24.1 Å². The number of anilines is 1. The van der Waals surface area contributed by atoms with Crippen molar-refractivity contribution in [3.8, 4) is 0 Å². The third-order valence-electron chi connectivity index (χ3n) is 2.70. The zero-order valence-electron chi connectivity index (χ0n) is 10.8. The Morgan fingerprint density at radius 1 is 1.12 bits per heavy atom. The van der Waals surface area contributed by atoms with E-state index in [-0.39, 0.29) is 0 Å². The predicted molar refractivity (Wildman–Crippen MR) is 72.0 cm³/mol. The molecule has 0 heterocycles. The number of nitrogens with zero attached hydrogens (tertiary/aromatic N) is 1. The molecule has 0 radical (unpaired) electrons. The molecule has 0 aliphatic carbocycles. The maximum absolute atomic E-state index is 3.46. The summed E-state index contributed by atoms with van der Waals surface area (Å²) in [4.78, 5) is 2.34. The Balaban J connectivity index is 2.67. The van der Waals surface area contributed by atoms with Crippen LogP contribution in [0.1, 0.15) is 32.3 Å². The van der Waals surface area contributed by atoms with Crippen LogP contribution >= 0.6 is 0 Å². The molecule has 0 saturated carbocycles. The van der Waals surface area contributed by atoms with Crippen molar-refractivity contribution in [3.05, 3.63) is 29.8 Å². The third kappa shape index (κ3) is 3.86. The standard InChI is InChI=1S/C14H24N2/c1-4-10-15-12-13-8-6-7-9-14(13)16(3)11-5-2/h6-9,15H,4-5,10-12H2,1-3H3. The molecule has 0 spiro atoms. The summed E-state index contributed by atoms with van der Waals surface area (Å²) in [5, 5.41) is 3.46. The lowest BCUT2D eigenvalue weighted by Gasteiger charge is -2.22. The van der Waals surface area contributed by atoms with Crippen molar-refractivity contribution in [3.63, 3.8) is 0 Å². The number of hydrogen-bond donors (Lipinski definition) is 1. The number of hydrogen-bond acceptors (Lipinski definition) is 2. The van der Waals surface area contributed by atoms with Gasteiger partial charge in [-0.2, -0.15) is 0 Å². The summed E-state index contributed by atoms with van der Waals surface area (Å²) in [6.07, 6.45) is 2.38. The predicted octanol–water partition coefficient (Wildman–Crippen LogP) is 3.03. The molecule has 2 heteroatoms. The molecular weight excluding hydrogens is 196 g/mol. The van der Waals surface area contributed by atoms with Crippen molar-refractivity contribution in [2.75, 3.05) is 25.0 Å². The fraction of sp³-hybridized carbons (Fsp3) is 0.571. The molecule has 0 unspecified atom stereocenters. The highest BCUT2D eigenvalue weighted by atomic mass is 15.1. The van der Waals surface area contributed by atoms with Gasteiger partial charge in [-0.15, -0.1) is 0 Å². The molecule has 0 aliphatic rings. The molecule has 0 atom stereocenters. The minimum absolute atomic E-state index is 0.970. The molecule has 16 heavy (non-hydrogen) atoms. The second-order valence-electron chi connectivity index (χ2n) is 4.23. The van der Waals surface area contributed by atoms with Crippen molar-refractivity contribution in [2.24, 2.45) is 0 Å². The van der Waals surface area contributed by atoms with Crippen molar-refractivity contribution >= 4 is 5.69 Å². The van der Waals surface area contributed by atoms with E-state index in [9.17, 15) is 0 Å². The maximum atomic E-state index is 3.46.